The number of carbonyl (C=O) groups is 1. The topological polar surface area (TPSA) is 57.5 Å². The number of rotatable bonds is 1. The molecule has 0 amide bonds. The highest BCUT2D eigenvalue weighted by Crippen LogP contribution is 2.40. The predicted molar refractivity (Wildman–Crippen MR) is 71.6 cm³/mol. The molecule has 2 N–H and O–H groups in total. The second kappa shape index (κ2) is 4.43. The van der Waals surface area contributed by atoms with Crippen molar-refractivity contribution in [2.75, 3.05) is 0 Å². The highest BCUT2D eigenvalue weighted by atomic mass is 16.3. The number of Topliss-reactive ketones (excluding diaryl/α,β-unsaturated/α-hetero) is 1. The summed E-state index contributed by atoms with van der Waals surface area (Å²) in [6.07, 6.45) is 1.26. The molecule has 3 nitrogen and oxygen atoms in total. The highest BCUT2D eigenvalue weighted by molar-refractivity contribution is 6.04. The Bertz CT molecular complexity index is 632. The molecule has 2 aromatic rings. The number of hydrogen-bond acceptors (Lipinski definition) is 3. The fourth-order valence-corrected chi connectivity index (χ4v) is 2.72. The Hall–Kier alpha value is -2.29. The molecule has 0 saturated carbocycles. The van der Waals surface area contributed by atoms with Crippen LogP contribution in [-0.2, 0) is 6.42 Å². The second-order valence-corrected chi connectivity index (χ2v) is 4.83. The molecule has 1 atom stereocenters. The van der Waals surface area contributed by atoms with Gasteiger partial charge in [-0.05, 0) is 30.5 Å². The maximum atomic E-state index is 12.5. The minimum Gasteiger partial charge on any atom is -0.504 e. The number of carbonyl (C=O) groups excluding carboxylic acids is 1. The molecule has 0 bridgehead atoms. The summed E-state index contributed by atoms with van der Waals surface area (Å²) in [6.45, 7) is 0. The molecule has 19 heavy (non-hydrogen) atoms. The predicted octanol–water partition coefficient (Wildman–Crippen LogP) is 3.01. The number of benzene rings is 2. The van der Waals surface area contributed by atoms with Gasteiger partial charge in [-0.1, -0.05) is 30.3 Å². The van der Waals surface area contributed by atoms with Crippen LogP contribution in [0.15, 0.2) is 42.5 Å². The zero-order valence-corrected chi connectivity index (χ0v) is 10.3. The molecule has 0 saturated heterocycles. The number of phenolic OH excluding ortho intramolecular Hbond substituents is 2. The molecule has 3 heteroatoms. The van der Waals surface area contributed by atoms with Crippen molar-refractivity contribution in [3.63, 3.8) is 0 Å². The maximum Gasteiger partial charge on any atom is 0.170 e. The van der Waals surface area contributed by atoms with Crippen molar-refractivity contribution < 1.29 is 15.0 Å². The van der Waals surface area contributed by atoms with E-state index >= 15 is 0 Å². The number of hydrogen-bond donors (Lipinski definition) is 2. The summed E-state index contributed by atoms with van der Waals surface area (Å²) in [5.74, 6) is -0.456. The molecular formula is C16H14O3. The molecule has 0 heterocycles. The van der Waals surface area contributed by atoms with Gasteiger partial charge in [0.25, 0.3) is 0 Å². The molecule has 0 aromatic heterocycles. The van der Waals surface area contributed by atoms with Gasteiger partial charge < -0.3 is 10.2 Å². The van der Waals surface area contributed by atoms with Crippen LogP contribution in [0.5, 0.6) is 11.5 Å². The van der Waals surface area contributed by atoms with Gasteiger partial charge >= 0.3 is 0 Å². The molecule has 0 fully saturated rings. The van der Waals surface area contributed by atoms with E-state index in [1.807, 2.05) is 30.3 Å². The fourth-order valence-electron chi connectivity index (χ4n) is 2.72. The molecule has 3 rings (SSSR count). The van der Waals surface area contributed by atoms with Crippen molar-refractivity contribution in [1.82, 2.24) is 0 Å². The Morgan fingerprint density at radius 3 is 2.47 bits per heavy atom. The van der Waals surface area contributed by atoms with Gasteiger partial charge in [0.1, 0.15) is 0 Å². The molecule has 1 aliphatic carbocycles. The third-order valence-electron chi connectivity index (χ3n) is 3.73. The molecule has 96 valence electrons. The summed E-state index contributed by atoms with van der Waals surface area (Å²) in [7, 11) is 0. The van der Waals surface area contributed by atoms with E-state index in [9.17, 15) is 15.0 Å². The monoisotopic (exact) mass is 254 g/mol. The van der Waals surface area contributed by atoms with Crippen molar-refractivity contribution in [2.45, 2.75) is 18.8 Å². The van der Waals surface area contributed by atoms with E-state index in [0.29, 0.717) is 24.0 Å². The van der Waals surface area contributed by atoms with E-state index in [4.69, 9.17) is 0 Å². The summed E-state index contributed by atoms with van der Waals surface area (Å²) in [5, 5.41) is 19.3. The molecular weight excluding hydrogens is 240 g/mol. The van der Waals surface area contributed by atoms with Gasteiger partial charge in [-0.2, -0.15) is 0 Å². The van der Waals surface area contributed by atoms with E-state index in [1.165, 1.54) is 6.07 Å². The molecule has 2 aromatic carbocycles. The summed E-state index contributed by atoms with van der Waals surface area (Å²) in [6, 6.07) is 12.6. The van der Waals surface area contributed by atoms with Crippen LogP contribution >= 0.6 is 0 Å². The Kier molecular flexibility index (Phi) is 2.75. The lowest BCUT2D eigenvalue weighted by molar-refractivity contribution is 0.0945. The second-order valence-electron chi connectivity index (χ2n) is 4.83. The van der Waals surface area contributed by atoms with Crippen LogP contribution in [0.4, 0.5) is 0 Å². The van der Waals surface area contributed by atoms with Crippen molar-refractivity contribution in [3.05, 3.63) is 59.2 Å². The van der Waals surface area contributed by atoms with Crippen molar-refractivity contribution in [3.8, 4) is 11.5 Å². The number of fused-ring (bicyclic) bond motifs is 1. The first kappa shape index (κ1) is 11.8. The summed E-state index contributed by atoms with van der Waals surface area (Å²) < 4.78 is 0. The van der Waals surface area contributed by atoms with Crippen molar-refractivity contribution in [2.24, 2.45) is 0 Å². The number of aromatic hydroxyl groups is 2. The lowest BCUT2D eigenvalue weighted by atomic mass is 9.79. The SMILES string of the molecule is O=C1c2ccc(O)c(O)c2CCC1c1ccccc1. The number of phenols is 2. The first-order chi connectivity index (χ1) is 9.18. The Morgan fingerprint density at radius 1 is 1.00 bits per heavy atom. The van der Waals surface area contributed by atoms with E-state index in [1.54, 1.807) is 6.07 Å². The van der Waals surface area contributed by atoms with Crippen LogP contribution < -0.4 is 0 Å². The lowest BCUT2D eigenvalue weighted by Gasteiger charge is -2.24. The Labute approximate surface area is 111 Å². The van der Waals surface area contributed by atoms with Gasteiger partial charge in [0.15, 0.2) is 17.3 Å². The maximum absolute atomic E-state index is 12.5. The van der Waals surface area contributed by atoms with Gasteiger partial charge in [0.05, 0.1) is 0 Å². The first-order valence-corrected chi connectivity index (χ1v) is 6.31. The molecule has 1 unspecified atom stereocenters. The van der Waals surface area contributed by atoms with E-state index in [-0.39, 0.29) is 23.2 Å². The average Bonchev–Trinajstić information content (AvgIpc) is 2.44. The van der Waals surface area contributed by atoms with Gasteiger partial charge in [0.2, 0.25) is 0 Å². The van der Waals surface area contributed by atoms with Gasteiger partial charge in [0, 0.05) is 17.0 Å². The fraction of sp³-hybridized carbons (Fsp3) is 0.188. The largest absolute Gasteiger partial charge is 0.504 e. The lowest BCUT2D eigenvalue weighted by Crippen LogP contribution is -2.20. The zero-order valence-electron chi connectivity index (χ0n) is 10.3. The van der Waals surface area contributed by atoms with Crippen LogP contribution in [0.1, 0.15) is 33.8 Å². The first-order valence-electron chi connectivity index (χ1n) is 6.31. The summed E-state index contributed by atoms with van der Waals surface area (Å²) >= 11 is 0. The third-order valence-corrected chi connectivity index (χ3v) is 3.73. The normalized spacial score (nSPS) is 18.1. The van der Waals surface area contributed by atoms with Crippen LogP contribution in [0, 0.1) is 0 Å². The van der Waals surface area contributed by atoms with E-state index < -0.39 is 0 Å². The average molecular weight is 254 g/mol. The van der Waals surface area contributed by atoms with Crippen LogP contribution in [-0.4, -0.2) is 16.0 Å². The van der Waals surface area contributed by atoms with Crippen LogP contribution in [0.2, 0.25) is 0 Å². The van der Waals surface area contributed by atoms with Gasteiger partial charge in [-0.25, -0.2) is 0 Å². The Balaban J connectivity index is 2.04. The summed E-state index contributed by atoms with van der Waals surface area (Å²) in [5.41, 5.74) is 2.10. The van der Waals surface area contributed by atoms with Crippen LogP contribution in [0.3, 0.4) is 0 Å². The summed E-state index contributed by atoms with van der Waals surface area (Å²) in [4.78, 5) is 12.5. The van der Waals surface area contributed by atoms with E-state index in [2.05, 4.69) is 0 Å². The Morgan fingerprint density at radius 2 is 1.74 bits per heavy atom. The quantitative estimate of drug-likeness (QED) is 0.769. The third kappa shape index (κ3) is 1.87. The molecule has 0 aliphatic heterocycles. The highest BCUT2D eigenvalue weighted by Gasteiger charge is 2.30. The number of ketones is 1. The minimum absolute atomic E-state index is 0.0164. The minimum atomic E-state index is -0.162. The van der Waals surface area contributed by atoms with Crippen molar-refractivity contribution >= 4 is 5.78 Å². The molecule has 0 radical (unpaired) electrons. The molecule has 0 spiro atoms. The van der Waals surface area contributed by atoms with Gasteiger partial charge in [-0.15, -0.1) is 0 Å². The van der Waals surface area contributed by atoms with Crippen LogP contribution in [0.25, 0.3) is 0 Å². The standard InChI is InChI=1S/C16H14O3/c17-14-9-8-12-13(16(14)19)7-6-11(15(12)18)10-4-2-1-3-5-10/h1-5,8-9,11,17,19H,6-7H2. The van der Waals surface area contributed by atoms with E-state index in [0.717, 1.165) is 5.56 Å². The molecule has 1 aliphatic rings. The zero-order chi connectivity index (χ0) is 13.4. The smallest absolute Gasteiger partial charge is 0.170 e. The van der Waals surface area contributed by atoms with Crippen molar-refractivity contribution in [1.29, 1.82) is 0 Å². The van der Waals surface area contributed by atoms with Gasteiger partial charge in [-0.3, -0.25) is 4.79 Å².